The lowest BCUT2D eigenvalue weighted by molar-refractivity contribution is 0.149. The van der Waals surface area contributed by atoms with Crippen molar-refractivity contribution in [1.82, 2.24) is 34.3 Å². The predicted octanol–water partition coefficient (Wildman–Crippen LogP) is 3.80. The lowest BCUT2D eigenvalue weighted by Gasteiger charge is -2.32. The normalized spacial score (nSPS) is 15.6. The lowest BCUT2D eigenvalue weighted by Crippen LogP contribution is -2.45. The van der Waals surface area contributed by atoms with Gasteiger partial charge in [-0.1, -0.05) is 41.9 Å². The Morgan fingerprint density at radius 3 is 2.25 bits per heavy atom. The van der Waals surface area contributed by atoms with Crippen LogP contribution in [0.1, 0.15) is 11.4 Å². The minimum Gasteiger partial charge on any atom is -0.304 e. The van der Waals surface area contributed by atoms with Crippen molar-refractivity contribution < 1.29 is 0 Å². The van der Waals surface area contributed by atoms with Crippen LogP contribution in [0.3, 0.4) is 0 Å². The second-order valence-corrected chi connectivity index (χ2v) is 8.95. The van der Waals surface area contributed by atoms with Gasteiger partial charge in [-0.3, -0.25) is 4.90 Å². The maximum Gasteiger partial charge on any atom is 0.184 e. The zero-order valence-electron chi connectivity index (χ0n) is 18.8. The molecule has 0 bridgehead atoms. The summed E-state index contributed by atoms with van der Waals surface area (Å²) in [4.78, 5) is 4.85. The van der Waals surface area contributed by atoms with Crippen LogP contribution in [-0.4, -0.2) is 74.1 Å². The van der Waals surface area contributed by atoms with Gasteiger partial charge in [-0.05, 0) is 33.0 Å². The highest BCUT2D eigenvalue weighted by molar-refractivity contribution is 6.38. The number of benzene rings is 1. The van der Waals surface area contributed by atoms with Crippen molar-refractivity contribution >= 4 is 22.6 Å². The minimum absolute atomic E-state index is 0.592. The number of hydrogen-bond acceptors (Lipinski definition) is 5. The summed E-state index contributed by atoms with van der Waals surface area (Å²) in [6.45, 7) is 10.2. The number of halogens is 1. The average Bonchev–Trinajstić information content (AvgIpc) is 3.33. The highest BCUT2D eigenvalue weighted by atomic mass is 35.5. The molecule has 8 heteroatoms. The van der Waals surface area contributed by atoms with Crippen LogP contribution in [0.2, 0.25) is 5.02 Å². The van der Waals surface area contributed by atoms with Gasteiger partial charge in [0.25, 0.3) is 0 Å². The molecule has 0 amide bonds. The van der Waals surface area contributed by atoms with Crippen LogP contribution in [0.15, 0.2) is 42.5 Å². The molecule has 0 unspecified atom stereocenters. The molecule has 1 fully saturated rings. The van der Waals surface area contributed by atoms with E-state index in [4.69, 9.17) is 16.7 Å². The third-order valence-electron chi connectivity index (χ3n) is 6.33. The molecule has 32 heavy (non-hydrogen) atoms. The number of nitrogens with zero attached hydrogens (tertiary/aromatic N) is 7. The summed E-state index contributed by atoms with van der Waals surface area (Å²) in [5, 5.41) is 15.6. The topological polar surface area (TPSA) is 55.0 Å². The Balaban J connectivity index is 1.60. The zero-order valence-corrected chi connectivity index (χ0v) is 19.5. The first-order valence-electron chi connectivity index (χ1n) is 11.1. The van der Waals surface area contributed by atoms with E-state index in [1.807, 2.05) is 35.0 Å². The van der Waals surface area contributed by atoms with Crippen LogP contribution in [-0.2, 0) is 6.54 Å². The first kappa shape index (κ1) is 21.1. The zero-order chi connectivity index (χ0) is 22.2. The molecule has 7 nitrogen and oxygen atoms in total. The summed E-state index contributed by atoms with van der Waals surface area (Å²) in [7, 11) is 2.17. The average molecular weight is 450 g/mol. The second-order valence-electron chi connectivity index (χ2n) is 8.57. The molecule has 0 spiro atoms. The number of aryl methyl sites for hydroxylation is 2. The molecule has 166 valence electrons. The molecule has 3 aromatic heterocycles. The Hall–Kier alpha value is -2.74. The monoisotopic (exact) mass is 449 g/mol. The molecular formula is C24H28ClN7. The lowest BCUT2D eigenvalue weighted by atomic mass is 10.1. The molecule has 1 aliphatic rings. The third-order valence-corrected chi connectivity index (χ3v) is 6.70. The van der Waals surface area contributed by atoms with Gasteiger partial charge in [-0.2, -0.15) is 5.10 Å². The minimum atomic E-state index is 0.592. The Bertz CT molecular complexity index is 1220. The first-order chi connectivity index (χ1) is 15.5. The smallest absolute Gasteiger partial charge is 0.184 e. The summed E-state index contributed by atoms with van der Waals surface area (Å²) in [6.07, 6.45) is 0. The van der Waals surface area contributed by atoms with Gasteiger partial charge in [-0.25, -0.2) is 4.68 Å². The van der Waals surface area contributed by atoms with E-state index < -0.39 is 0 Å². The maximum absolute atomic E-state index is 7.00. The first-order valence-corrected chi connectivity index (χ1v) is 11.4. The van der Waals surface area contributed by atoms with Crippen LogP contribution in [0.5, 0.6) is 0 Å². The summed E-state index contributed by atoms with van der Waals surface area (Å²) in [5.41, 5.74) is 4.59. The molecule has 0 atom stereocenters. The SMILES string of the molecule is Cc1ccc(C)n1-c1nn(CCN2CCN(C)CC2)c2nnc(-c3ccccc3)c(Cl)c12. The van der Waals surface area contributed by atoms with Crippen LogP contribution >= 0.6 is 11.6 Å². The number of hydrogen-bond donors (Lipinski definition) is 0. The molecule has 4 heterocycles. The van der Waals surface area contributed by atoms with Gasteiger partial charge in [-0.15, -0.1) is 10.2 Å². The molecule has 0 radical (unpaired) electrons. The number of rotatable bonds is 5. The molecule has 5 rings (SSSR count). The fourth-order valence-electron chi connectivity index (χ4n) is 4.40. The van der Waals surface area contributed by atoms with Crippen LogP contribution < -0.4 is 0 Å². The van der Waals surface area contributed by atoms with Crippen LogP contribution in [0.25, 0.3) is 28.1 Å². The van der Waals surface area contributed by atoms with E-state index in [0.29, 0.717) is 10.7 Å². The van der Waals surface area contributed by atoms with Gasteiger partial charge in [0.05, 0.1) is 17.0 Å². The van der Waals surface area contributed by atoms with E-state index in [9.17, 15) is 0 Å². The van der Waals surface area contributed by atoms with Crippen LogP contribution in [0.4, 0.5) is 0 Å². The summed E-state index contributed by atoms with van der Waals surface area (Å²) < 4.78 is 4.12. The van der Waals surface area contributed by atoms with Gasteiger partial charge < -0.3 is 9.47 Å². The van der Waals surface area contributed by atoms with E-state index in [1.54, 1.807) is 0 Å². The molecule has 1 saturated heterocycles. The summed E-state index contributed by atoms with van der Waals surface area (Å²) in [5.74, 6) is 0.815. The standard InChI is InChI=1S/C24H28ClN7/c1-17-9-10-18(2)32(17)24-20-21(25)22(19-7-5-4-6-8-19)26-27-23(20)31(28-24)16-15-30-13-11-29(3)12-14-30/h4-10H,11-16H2,1-3H3. The van der Waals surface area contributed by atoms with E-state index in [-0.39, 0.29) is 0 Å². The molecule has 4 aromatic rings. The van der Waals surface area contributed by atoms with Crippen molar-refractivity contribution in [3.8, 4) is 17.1 Å². The number of fused-ring (bicyclic) bond motifs is 1. The fraction of sp³-hybridized carbons (Fsp3) is 0.375. The van der Waals surface area contributed by atoms with Gasteiger partial charge in [0.2, 0.25) is 0 Å². The molecule has 1 aromatic carbocycles. The van der Waals surface area contributed by atoms with Crippen molar-refractivity contribution in [2.75, 3.05) is 39.8 Å². The molecule has 1 aliphatic heterocycles. The van der Waals surface area contributed by atoms with Crippen molar-refractivity contribution in [3.05, 3.63) is 58.9 Å². The molecular weight excluding hydrogens is 422 g/mol. The van der Waals surface area contributed by atoms with Gasteiger partial charge in [0.15, 0.2) is 11.5 Å². The Kier molecular flexibility index (Phi) is 5.71. The Labute approximate surface area is 193 Å². The molecule has 0 N–H and O–H groups in total. The summed E-state index contributed by atoms with van der Waals surface area (Å²) in [6, 6.07) is 14.2. The van der Waals surface area contributed by atoms with Crippen molar-refractivity contribution in [2.45, 2.75) is 20.4 Å². The number of piperazine rings is 1. The molecule has 0 saturated carbocycles. The van der Waals surface area contributed by atoms with Crippen molar-refractivity contribution in [1.29, 1.82) is 0 Å². The van der Waals surface area contributed by atoms with E-state index in [1.165, 1.54) is 0 Å². The van der Waals surface area contributed by atoms with Gasteiger partial charge in [0.1, 0.15) is 5.69 Å². The van der Waals surface area contributed by atoms with E-state index >= 15 is 0 Å². The predicted molar refractivity (Wildman–Crippen MR) is 129 cm³/mol. The Morgan fingerprint density at radius 2 is 1.56 bits per heavy atom. The summed E-state index contributed by atoms with van der Waals surface area (Å²) >= 11 is 7.00. The van der Waals surface area contributed by atoms with E-state index in [2.05, 4.69) is 57.6 Å². The number of aromatic nitrogens is 5. The van der Waals surface area contributed by atoms with E-state index in [0.717, 1.165) is 73.1 Å². The van der Waals surface area contributed by atoms with Crippen LogP contribution in [0, 0.1) is 13.8 Å². The fourth-order valence-corrected chi connectivity index (χ4v) is 4.72. The second kappa shape index (κ2) is 8.65. The molecule has 0 aliphatic carbocycles. The highest BCUT2D eigenvalue weighted by Crippen LogP contribution is 2.35. The Morgan fingerprint density at radius 1 is 0.875 bits per heavy atom. The quantitative estimate of drug-likeness (QED) is 0.464. The highest BCUT2D eigenvalue weighted by Gasteiger charge is 2.23. The van der Waals surface area contributed by atoms with Crippen molar-refractivity contribution in [2.24, 2.45) is 0 Å². The largest absolute Gasteiger partial charge is 0.304 e. The number of likely N-dealkylation sites (N-methyl/N-ethyl adjacent to an activating group) is 1. The third kappa shape index (κ3) is 3.81. The maximum atomic E-state index is 7.00. The van der Waals surface area contributed by atoms with Gasteiger partial charge >= 0.3 is 0 Å². The van der Waals surface area contributed by atoms with Crippen molar-refractivity contribution in [3.63, 3.8) is 0 Å². The van der Waals surface area contributed by atoms with Gasteiger partial charge in [0, 0.05) is 49.7 Å².